The Balaban J connectivity index is 2.11. The van der Waals surface area contributed by atoms with E-state index in [1.165, 1.54) is 0 Å². The van der Waals surface area contributed by atoms with Crippen LogP contribution in [0.5, 0.6) is 0 Å². The third kappa shape index (κ3) is 2.85. The summed E-state index contributed by atoms with van der Waals surface area (Å²) in [5.74, 6) is 0.0646. The second-order valence-corrected chi connectivity index (χ2v) is 5.66. The van der Waals surface area contributed by atoms with Gasteiger partial charge < -0.3 is 10.6 Å². The van der Waals surface area contributed by atoms with Gasteiger partial charge in [0.15, 0.2) is 0 Å². The van der Waals surface area contributed by atoms with E-state index in [0.717, 1.165) is 31.5 Å². The van der Waals surface area contributed by atoms with Crippen molar-refractivity contribution in [3.8, 4) is 0 Å². The van der Waals surface area contributed by atoms with Crippen LogP contribution in [0.15, 0.2) is 18.2 Å². The summed E-state index contributed by atoms with van der Waals surface area (Å²) in [6.07, 6.45) is 1.73. The summed E-state index contributed by atoms with van der Waals surface area (Å²) in [7, 11) is 0. The van der Waals surface area contributed by atoms with Gasteiger partial charge in [0.05, 0.1) is 10.7 Å². The van der Waals surface area contributed by atoms with Crippen LogP contribution in [0.25, 0.3) is 0 Å². The monoisotopic (exact) mass is 266 g/mol. The zero-order valence-electron chi connectivity index (χ0n) is 10.8. The number of halogens is 1. The third-order valence-electron chi connectivity index (χ3n) is 3.63. The molecule has 0 bridgehead atoms. The van der Waals surface area contributed by atoms with Crippen LogP contribution in [0.1, 0.15) is 25.3 Å². The van der Waals surface area contributed by atoms with E-state index in [1.54, 1.807) is 0 Å². The normalized spacial score (nSPS) is 18.4. The van der Waals surface area contributed by atoms with Gasteiger partial charge in [0.25, 0.3) is 0 Å². The average Bonchev–Trinajstić information content (AvgIpc) is 2.33. The van der Waals surface area contributed by atoms with Crippen molar-refractivity contribution in [2.75, 3.05) is 18.4 Å². The Morgan fingerprint density at radius 2 is 2.06 bits per heavy atom. The highest BCUT2D eigenvalue weighted by atomic mass is 35.5. The van der Waals surface area contributed by atoms with Gasteiger partial charge in [-0.2, -0.15) is 0 Å². The summed E-state index contributed by atoms with van der Waals surface area (Å²) >= 11 is 6.13. The zero-order valence-corrected chi connectivity index (χ0v) is 11.6. The van der Waals surface area contributed by atoms with Crippen molar-refractivity contribution < 1.29 is 4.79 Å². The summed E-state index contributed by atoms with van der Waals surface area (Å²) in [6, 6.07) is 5.67. The minimum Gasteiger partial charge on any atom is -0.324 e. The molecule has 18 heavy (non-hydrogen) atoms. The highest BCUT2D eigenvalue weighted by Crippen LogP contribution is 2.31. The average molecular weight is 267 g/mol. The Morgan fingerprint density at radius 1 is 1.39 bits per heavy atom. The molecule has 98 valence electrons. The fourth-order valence-corrected chi connectivity index (χ4v) is 2.48. The largest absolute Gasteiger partial charge is 0.324 e. The van der Waals surface area contributed by atoms with Crippen molar-refractivity contribution >= 4 is 23.2 Å². The van der Waals surface area contributed by atoms with Gasteiger partial charge in [-0.25, -0.2) is 0 Å². The van der Waals surface area contributed by atoms with E-state index in [9.17, 15) is 4.79 Å². The summed E-state index contributed by atoms with van der Waals surface area (Å²) in [5, 5.41) is 6.82. The standard InChI is InChI=1S/C14H19ClN2O/c1-10-3-4-12(11(15)9-10)17-13(18)14(2)5-7-16-8-6-14/h3-4,9,16H,5-8H2,1-2H3,(H,17,18). The molecule has 0 spiro atoms. The Kier molecular flexibility index (Phi) is 3.93. The van der Waals surface area contributed by atoms with E-state index in [-0.39, 0.29) is 11.3 Å². The molecule has 4 heteroatoms. The van der Waals surface area contributed by atoms with Crippen LogP contribution in [0.4, 0.5) is 5.69 Å². The van der Waals surface area contributed by atoms with Crippen LogP contribution in [-0.2, 0) is 4.79 Å². The number of rotatable bonds is 2. The molecule has 1 aliphatic rings. The van der Waals surface area contributed by atoms with Gasteiger partial charge in [0.2, 0.25) is 5.91 Å². The van der Waals surface area contributed by atoms with E-state index in [0.29, 0.717) is 10.7 Å². The van der Waals surface area contributed by atoms with Crippen LogP contribution >= 0.6 is 11.6 Å². The van der Waals surface area contributed by atoms with Crippen molar-refractivity contribution in [1.29, 1.82) is 0 Å². The number of piperidine rings is 1. The van der Waals surface area contributed by atoms with Crippen molar-refractivity contribution in [3.05, 3.63) is 28.8 Å². The maximum atomic E-state index is 12.3. The lowest BCUT2D eigenvalue weighted by Crippen LogP contribution is -2.42. The number of aryl methyl sites for hydroxylation is 1. The maximum Gasteiger partial charge on any atom is 0.230 e. The molecule has 1 heterocycles. The molecule has 0 atom stereocenters. The van der Waals surface area contributed by atoms with Crippen LogP contribution in [0.3, 0.4) is 0 Å². The number of hydrogen-bond donors (Lipinski definition) is 2. The molecule has 0 aliphatic carbocycles. The first-order valence-corrected chi connectivity index (χ1v) is 6.67. The molecule has 1 amide bonds. The highest BCUT2D eigenvalue weighted by molar-refractivity contribution is 6.33. The van der Waals surface area contributed by atoms with Gasteiger partial charge in [-0.15, -0.1) is 0 Å². The Morgan fingerprint density at radius 3 is 2.67 bits per heavy atom. The molecule has 1 aromatic rings. The molecule has 1 aliphatic heterocycles. The second kappa shape index (κ2) is 5.29. The molecule has 3 nitrogen and oxygen atoms in total. The first-order chi connectivity index (χ1) is 8.51. The lowest BCUT2D eigenvalue weighted by molar-refractivity contribution is -0.126. The topological polar surface area (TPSA) is 41.1 Å². The summed E-state index contributed by atoms with van der Waals surface area (Å²) in [5.41, 5.74) is 1.50. The lowest BCUT2D eigenvalue weighted by Gasteiger charge is -2.32. The minimum atomic E-state index is -0.292. The maximum absolute atomic E-state index is 12.3. The van der Waals surface area contributed by atoms with Gasteiger partial charge in [0.1, 0.15) is 0 Å². The Hall–Kier alpha value is -1.06. The number of hydrogen-bond acceptors (Lipinski definition) is 2. The fraction of sp³-hybridized carbons (Fsp3) is 0.500. The van der Waals surface area contributed by atoms with Crippen LogP contribution < -0.4 is 10.6 Å². The smallest absolute Gasteiger partial charge is 0.230 e. The molecule has 0 unspecified atom stereocenters. The molecule has 2 rings (SSSR count). The van der Waals surface area contributed by atoms with Gasteiger partial charge in [0, 0.05) is 5.41 Å². The number of carbonyl (C=O) groups is 1. The van der Waals surface area contributed by atoms with Crippen LogP contribution in [0.2, 0.25) is 5.02 Å². The molecule has 0 saturated carbocycles. The molecule has 2 N–H and O–H groups in total. The van der Waals surface area contributed by atoms with Crippen molar-refractivity contribution in [3.63, 3.8) is 0 Å². The van der Waals surface area contributed by atoms with Crippen molar-refractivity contribution in [1.82, 2.24) is 5.32 Å². The number of carbonyl (C=O) groups excluding carboxylic acids is 1. The van der Waals surface area contributed by atoms with E-state index in [1.807, 2.05) is 32.0 Å². The summed E-state index contributed by atoms with van der Waals surface area (Å²) in [4.78, 5) is 12.3. The lowest BCUT2D eigenvalue weighted by atomic mass is 9.80. The number of nitrogens with one attached hydrogen (secondary N) is 2. The minimum absolute atomic E-state index is 0.0646. The van der Waals surface area contributed by atoms with Gasteiger partial charge in [-0.1, -0.05) is 24.6 Å². The first-order valence-electron chi connectivity index (χ1n) is 6.30. The van der Waals surface area contributed by atoms with Gasteiger partial charge in [-0.05, 0) is 50.6 Å². The Bertz CT molecular complexity index is 453. The SMILES string of the molecule is Cc1ccc(NC(=O)C2(C)CCNCC2)c(Cl)c1. The van der Waals surface area contributed by atoms with Crippen molar-refractivity contribution in [2.24, 2.45) is 5.41 Å². The van der Waals surface area contributed by atoms with Crippen LogP contribution in [-0.4, -0.2) is 19.0 Å². The summed E-state index contributed by atoms with van der Waals surface area (Å²) < 4.78 is 0. The van der Waals surface area contributed by atoms with E-state index in [4.69, 9.17) is 11.6 Å². The fourth-order valence-electron chi connectivity index (χ4n) is 2.20. The number of benzene rings is 1. The van der Waals surface area contributed by atoms with E-state index in [2.05, 4.69) is 10.6 Å². The first kappa shape index (κ1) is 13.4. The van der Waals surface area contributed by atoms with Crippen molar-refractivity contribution in [2.45, 2.75) is 26.7 Å². The second-order valence-electron chi connectivity index (χ2n) is 5.25. The zero-order chi connectivity index (χ0) is 13.2. The van der Waals surface area contributed by atoms with E-state index < -0.39 is 0 Å². The molecule has 1 fully saturated rings. The van der Waals surface area contributed by atoms with Gasteiger partial charge in [-0.3, -0.25) is 4.79 Å². The quantitative estimate of drug-likeness (QED) is 0.864. The predicted molar refractivity (Wildman–Crippen MR) is 75.0 cm³/mol. The van der Waals surface area contributed by atoms with Crippen LogP contribution in [0, 0.1) is 12.3 Å². The highest BCUT2D eigenvalue weighted by Gasteiger charge is 2.34. The molecule has 0 aromatic heterocycles. The molecule has 1 aromatic carbocycles. The van der Waals surface area contributed by atoms with Gasteiger partial charge >= 0.3 is 0 Å². The number of amides is 1. The predicted octanol–water partition coefficient (Wildman–Crippen LogP) is 2.98. The third-order valence-corrected chi connectivity index (χ3v) is 3.94. The Labute approximate surface area is 113 Å². The van der Waals surface area contributed by atoms with E-state index >= 15 is 0 Å². The molecular weight excluding hydrogens is 248 g/mol. The number of anilines is 1. The molecular formula is C14H19ClN2O. The summed E-state index contributed by atoms with van der Waals surface area (Å²) in [6.45, 7) is 5.79. The molecule has 1 saturated heterocycles. The molecule has 0 radical (unpaired) electrons.